The van der Waals surface area contributed by atoms with Crippen LogP contribution in [0.2, 0.25) is 0 Å². The Morgan fingerprint density at radius 2 is 1.77 bits per heavy atom. The first-order valence-corrected chi connectivity index (χ1v) is 10.0. The Labute approximate surface area is 173 Å². The summed E-state index contributed by atoms with van der Waals surface area (Å²) in [5, 5.41) is 24.0. The lowest BCUT2D eigenvalue weighted by Crippen LogP contribution is -2.41. The molecule has 9 heteroatoms. The van der Waals surface area contributed by atoms with Gasteiger partial charge in [-0.1, -0.05) is 43.7 Å². The first kappa shape index (κ1) is 20.4. The van der Waals surface area contributed by atoms with Gasteiger partial charge in [0.2, 0.25) is 5.91 Å². The average Bonchev–Trinajstić information content (AvgIpc) is 3.43. The second kappa shape index (κ2) is 8.11. The molecular formula is C21H23N3O6. The largest absolute Gasteiger partial charge is 0.559 e. The second-order valence-corrected chi connectivity index (χ2v) is 7.65. The molecule has 2 saturated heterocycles. The van der Waals surface area contributed by atoms with Crippen LogP contribution in [0, 0.1) is 21.2 Å². The number of nitro benzene ring substituents is 1. The molecule has 0 bridgehead atoms. The summed E-state index contributed by atoms with van der Waals surface area (Å²) in [7, 11) is 0. The topological polar surface area (TPSA) is 112 Å². The van der Waals surface area contributed by atoms with E-state index in [9.17, 15) is 20.1 Å². The van der Waals surface area contributed by atoms with Crippen LogP contribution in [0.1, 0.15) is 36.9 Å². The monoisotopic (exact) mass is 413 g/mol. The van der Waals surface area contributed by atoms with E-state index in [1.807, 2.05) is 37.3 Å². The van der Waals surface area contributed by atoms with Gasteiger partial charge in [0, 0.05) is 23.7 Å². The molecule has 0 radical (unpaired) electrons. The second-order valence-electron chi connectivity index (χ2n) is 7.65. The van der Waals surface area contributed by atoms with E-state index in [4.69, 9.17) is 9.98 Å². The standard InChI is InChI=1S/C21H23N3O6/c1-2-3-13-22-19(16-9-11-17(12-10-16)23(26)27)20(24(28)29-30-24)18(21(22)25)14-15-7-5-4-6-8-15/h4-12,18-20H,2-3,13-14H2,1H3/t18-,19+,20-/m1/s1. The summed E-state index contributed by atoms with van der Waals surface area (Å²) < 4.78 is 0. The van der Waals surface area contributed by atoms with Crippen LogP contribution in [-0.4, -0.2) is 33.3 Å². The summed E-state index contributed by atoms with van der Waals surface area (Å²) in [6.07, 6.45) is 2.04. The van der Waals surface area contributed by atoms with Crippen molar-refractivity contribution in [2.24, 2.45) is 5.92 Å². The Morgan fingerprint density at radius 3 is 2.33 bits per heavy atom. The maximum absolute atomic E-state index is 13.4. The molecule has 1 amide bonds. The van der Waals surface area contributed by atoms with Crippen molar-refractivity contribution in [3.8, 4) is 0 Å². The van der Waals surface area contributed by atoms with Gasteiger partial charge in [-0.3, -0.25) is 14.9 Å². The zero-order valence-electron chi connectivity index (χ0n) is 16.5. The highest BCUT2D eigenvalue weighted by Crippen LogP contribution is 2.48. The fraction of sp³-hybridized carbons (Fsp3) is 0.381. The van der Waals surface area contributed by atoms with Crippen molar-refractivity contribution in [1.29, 1.82) is 0 Å². The average molecular weight is 413 g/mol. The maximum Gasteiger partial charge on any atom is 0.269 e. The highest BCUT2D eigenvalue weighted by Gasteiger charge is 2.65. The molecule has 0 aliphatic carbocycles. The number of quaternary nitrogens is 1. The lowest BCUT2D eigenvalue weighted by atomic mass is 9.89. The van der Waals surface area contributed by atoms with E-state index < -0.39 is 27.9 Å². The van der Waals surface area contributed by atoms with E-state index in [1.165, 1.54) is 12.1 Å². The van der Waals surface area contributed by atoms with Crippen LogP contribution in [-0.2, 0) is 21.2 Å². The smallest absolute Gasteiger partial charge is 0.269 e. The molecule has 3 atom stereocenters. The summed E-state index contributed by atoms with van der Waals surface area (Å²) in [6.45, 7) is 2.51. The Bertz CT molecular complexity index is 916. The van der Waals surface area contributed by atoms with Gasteiger partial charge >= 0.3 is 0 Å². The van der Waals surface area contributed by atoms with Gasteiger partial charge in [0.15, 0.2) is 6.04 Å². The number of non-ortho nitro benzene ring substituents is 1. The summed E-state index contributed by atoms with van der Waals surface area (Å²) in [6, 6.07) is 14.0. The molecule has 2 aromatic carbocycles. The number of amides is 1. The van der Waals surface area contributed by atoms with Gasteiger partial charge in [-0.15, -0.1) is 0 Å². The number of carbonyl (C=O) groups is 1. The number of carbonyl (C=O) groups excluding carboxylic acids is 1. The molecule has 158 valence electrons. The molecule has 0 unspecified atom stereocenters. The normalized spacial score (nSPS) is 24.8. The number of hydrogen-bond donors (Lipinski definition) is 0. The first-order chi connectivity index (χ1) is 14.4. The third kappa shape index (κ3) is 3.80. The molecular weight excluding hydrogens is 390 g/mol. The number of benzene rings is 2. The Morgan fingerprint density at radius 1 is 1.10 bits per heavy atom. The summed E-state index contributed by atoms with van der Waals surface area (Å²) in [4.78, 5) is 33.8. The quantitative estimate of drug-likeness (QED) is 0.163. The van der Waals surface area contributed by atoms with Gasteiger partial charge in [-0.2, -0.15) is 0 Å². The van der Waals surface area contributed by atoms with Crippen molar-refractivity contribution < 1.29 is 24.7 Å². The highest BCUT2D eigenvalue weighted by atomic mass is 17.7. The van der Waals surface area contributed by atoms with Gasteiger partial charge in [0.25, 0.3) is 5.69 Å². The number of hydrogen-bond acceptors (Lipinski definition) is 6. The minimum atomic E-state index is -1.35. The molecule has 9 nitrogen and oxygen atoms in total. The van der Waals surface area contributed by atoms with Crippen molar-refractivity contribution in [2.75, 3.05) is 6.54 Å². The predicted octanol–water partition coefficient (Wildman–Crippen LogP) is 3.61. The van der Waals surface area contributed by atoms with E-state index >= 15 is 0 Å². The van der Waals surface area contributed by atoms with E-state index in [0.29, 0.717) is 18.5 Å². The van der Waals surface area contributed by atoms with Gasteiger partial charge in [-0.05, 0) is 36.1 Å². The molecule has 0 spiro atoms. The van der Waals surface area contributed by atoms with Crippen LogP contribution in [0.15, 0.2) is 54.6 Å². The zero-order valence-corrected chi connectivity index (χ0v) is 16.5. The van der Waals surface area contributed by atoms with E-state index in [1.54, 1.807) is 17.0 Å². The first-order valence-electron chi connectivity index (χ1n) is 10.0. The SMILES string of the molecule is CCCCN1C(=O)[C@H](Cc2ccccc2)[C@@H]([N+]2([O-])OO2)[C@@H]1c1ccc([N+](=O)[O-])cc1. The summed E-state index contributed by atoms with van der Waals surface area (Å²) in [5.74, 6) is -0.766. The Hall–Kier alpha value is -2.85. The van der Waals surface area contributed by atoms with Crippen LogP contribution in [0.25, 0.3) is 0 Å². The van der Waals surface area contributed by atoms with Crippen molar-refractivity contribution in [2.45, 2.75) is 38.3 Å². The lowest BCUT2D eigenvalue weighted by molar-refractivity contribution is -0.959. The van der Waals surface area contributed by atoms with E-state index in [-0.39, 0.29) is 11.6 Å². The van der Waals surface area contributed by atoms with Crippen molar-refractivity contribution >= 4 is 11.6 Å². The van der Waals surface area contributed by atoms with Crippen LogP contribution >= 0.6 is 0 Å². The van der Waals surface area contributed by atoms with E-state index in [2.05, 4.69) is 0 Å². The third-order valence-corrected chi connectivity index (χ3v) is 5.75. The van der Waals surface area contributed by atoms with Gasteiger partial charge in [0.05, 0.1) is 14.9 Å². The van der Waals surface area contributed by atoms with Crippen LogP contribution < -0.4 is 0 Å². The number of nitro groups is 1. The number of nitrogens with zero attached hydrogens (tertiary/aromatic N) is 3. The Balaban J connectivity index is 1.73. The Kier molecular flexibility index (Phi) is 5.52. The molecule has 4 rings (SSSR count). The molecule has 0 saturated carbocycles. The molecule has 2 aliphatic heterocycles. The minimum Gasteiger partial charge on any atom is -0.559 e. The van der Waals surface area contributed by atoms with Crippen molar-refractivity contribution in [3.05, 3.63) is 81.0 Å². The molecule has 0 aromatic heterocycles. The van der Waals surface area contributed by atoms with Gasteiger partial charge in [0.1, 0.15) is 12.0 Å². The minimum absolute atomic E-state index is 0.0502. The maximum atomic E-state index is 13.4. The van der Waals surface area contributed by atoms with Gasteiger partial charge in [-0.25, -0.2) is 0 Å². The predicted molar refractivity (Wildman–Crippen MR) is 106 cm³/mol. The molecule has 0 N–H and O–H groups in total. The number of likely N-dealkylation sites (tertiary alicyclic amines) is 1. The molecule has 2 aliphatic rings. The van der Waals surface area contributed by atoms with Crippen molar-refractivity contribution in [3.63, 3.8) is 0 Å². The fourth-order valence-electron chi connectivity index (χ4n) is 4.25. The molecule has 2 heterocycles. The number of rotatable bonds is 8. The van der Waals surface area contributed by atoms with Crippen molar-refractivity contribution in [1.82, 2.24) is 4.90 Å². The number of unbranched alkanes of at least 4 members (excludes halogenated alkanes) is 1. The van der Waals surface area contributed by atoms with Crippen LogP contribution in [0.4, 0.5) is 5.69 Å². The fourth-order valence-corrected chi connectivity index (χ4v) is 4.25. The molecule has 30 heavy (non-hydrogen) atoms. The van der Waals surface area contributed by atoms with Crippen LogP contribution in [0.3, 0.4) is 0 Å². The van der Waals surface area contributed by atoms with Gasteiger partial charge < -0.3 is 10.1 Å². The third-order valence-electron chi connectivity index (χ3n) is 5.75. The summed E-state index contributed by atoms with van der Waals surface area (Å²) >= 11 is 0. The zero-order chi connectivity index (χ0) is 21.3. The van der Waals surface area contributed by atoms with Crippen LogP contribution in [0.5, 0.6) is 0 Å². The number of hydroxylamine groups is 3. The molecule has 2 fully saturated rings. The lowest BCUT2D eigenvalue weighted by Gasteiger charge is -2.28. The van der Waals surface area contributed by atoms with E-state index in [0.717, 1.165) is 18.4 Å². The summed E-state index contributed by atoms with van der Waals surface area (Å²) in [5.41, 5.74) is 1.54. The highest BCUT2D eigenvalue weighted by molar-refractivity contribution is 5.83. The molecule has 2 aromatic rings.